The molecule has 2 heterocycles. The van der Waals surface area contributed by atoms with E-state index in [2.05, 4.69) is 35.3 Å². The van der Waals surface area contributed by atoms with Crippen molar-refractivity contribution in [2.45, 2.75) is 11.3 Å². The number of nitrogens with one attached hydrogen (secondary N) is 4. The van der Waals surface area contributed by atoms with Crippen LogP contribution >= 0.6 is 0 Å². The van der Waals surface area contributed by atoms with Gasteiger partial charge in [0, 0.05) is 41.5 Å². The largest absolute Gasteiger partial charge is 0.508 e. The Bertz CT molecular complexity index is 1760. The molecule has 0 aliphatic rings. The summed E-state index contributed by atoms with van der Waals surface area (Å²) in [6.07, 6.45) is 3.06. The maximum absolute atomic E-state index is 13.4. The van der Waals surface area contributed by atoms with Crippen LogP contribution in [0.15, 0.2) is 84.1 Å². The number of carbonyl (C=O) groups is 1. The highest BCUT2D eigenvalue weighted by Gasteiger charge is 2.20. The fourth-order valence-electron chi connectivity index (χ4n) is 3.76. The van der Waals surface area contributed by atoms with E-state index in [1.807, 2.05) is 0 Å². The molecule has 0 aliphatic heterocycles. The minimum Gasteiger partial charge on any atom is -0.508 e. The molecular weight excluding hydrogens is 522 g/mol. The van der Waals surface area contributed by atoms with E-state index < -0.39 is 10.0 Å². The first-order chi connectivity index (χ1) is 18.8. The Labute approximate surface area is 223 Å². The Morgan fingerprint density at radius 1 is 0.974 bits per heavy atom. The molecule has 5 rings (SSSR count). The number of imidazole rings is 1. The van der Waals surface area contributed by atoms with Crippen LogP contribution in [0.4, 0.5) is 23.0 Å². The van der Waals surface area contributed by atoms with E-state index in [1.54, 1.807) is 36.4 Å². The number of ether oxygens (including phenoxy) is 1. The highest BCUT2D eigenvalue weighted by molar-refractivity contribution is 7.92. The normalized spacial score (nSPS) is 11.2. The number of phenols is 1. The van der Waals surface area contributed by atoms with Gasteiger partial charge in [-0.3, -0.25) is 9.52 Å². The van der Waals surface area contributed by atoms with Gasteiger partial charge in [0.1, 0.15) is 11.5 Å². The van der Waals surface area contributed by atoms with E-state index in [1.165, 1.54) is 50.0 Å². The fraction of sp³-hybridized carbons (Fsp3) is 0.0769. The van der Waals surface area contributed by atoms with Crippen LogP contribution in [0.5, 0.6) is 11.5 Å². The van der Waals surface area contributed by atoms with Crippen molar-refractivity contribution in [3.8, 4) is 11.5 Å². The minimum absolute atomic E-state index is 0.0523. The zero-order chi connectivity index (χ0) is 27.4. The Morgan fingerprint density at radius 3 is 2.46 bits per heavy atom. The van der Waals surface area contributed by atoms with Gasteiger partial charge in [0.05, 0.1) is 35.8 Å². The van der Waals surface area contributed by atoms with Gasteiger partial charge in [0.25, 0.3) is 10.0 Å². The standard InChI is InChI=1S/C26H23N7O5S/c1-38-20-10-17(9-19(34)13-20)30-25-26(32-23-8-3-2-7-22(23)31-25)33-39(36,37)21-6-4-5-16(11-21)29-24(35)12-18-14-27-15-28-18/h2-11,13-15,34H,12H2,1H3,(H,27,28)(H,29,35)(H,30,31)(H,32,33). The summed E-state index contributed by atoms with van der Waals surface area (Å²) >= 11 is 0. The van der Waals surface area contributed by atoms with Crippen LogP contribution in [0.1, 0.15) is 5.69 Å². The molecule has 13 heteroatoms. The molecule has 0 fully saturated rings. The van der Waals surface area contributed by atoms with Gasteiger partial charge < -0.3 is 25.5 Å². The molecule has 5 N–H and O–H groups in total. The van der Waals surface area contributed by atoms with Crippen molar-refractivity contribution in [2.75, 3.05) is 22.5 Å². The average Bonchev–Trinajstić information content (AvgIpc) is 3.41. The van der Waals surface area contributed by atoms with E-state index in [4.69, 9.17) is 4.74 Å². The molecule has 0 radical (unpaired) electrons. The highest BCUT2D eigenvalue weighted by atomic mass is 32.2. The lowest BCUT2D eigenvalue weighted by Gasteiger charge is -2.15. The average molecular weight is 546 g/mol. The molecule has 5 aromatic rings. The Hall–Kier alpha value is -5.17. The van der Waals surface area contributed by atoms with Crippen molar-refractivity contribution in [3.05, 3.63) is 84.9 Å². The first-order valence-electron chi connectivity index (χ1n) is 11.6. The second kappa shape index (κ2) is 10.7. The lowest BCUT2D eigenvalue weighted by Crippen LogP contribution is -2.17. The van der Waals surface area contributed by atoms with Crippen LogP contribution in [0, 0.1) is 0 Å². The van der Waals surface area contributed by atoms with Crippen LogP contribution in [0.2, 0.25) is 0 Å². The lowest BCUT2D eigenvalue weighted by atomic mass is 10.2. The molecule has 0 atom stereocenters. The molecule has 0 spiro atoms. The molecule has 1 amide bonds. The number of hydrogen-bond acceptors (Lipinski definition) is 9. The van der Waals surface area contributed by atoms with Crippen molar-refractivity contribution in [2.24, 2.45) is 0 Å². The molecule has 0 aliphatic carbocycles. The predicted molar refractivity (Wildman–Crippen MR) is 146 cm³/mol. The minimum atomic E-state index is -4.16. The van der Waals surface area contributed by atoms with Gasteiger partial charge in [-0.15, -0.1) is 0 Å². The Morgan fingerprint density at radius 2 is 1.74 bits per heavy atom. The summed E-state index contributed by atoms with van der Waals surface area (Å²) in [6, 6.07) is 17.3. The third-order valence-electron chi connectivity index (χ3n) is 5.53. The maximum Gasteiger partial charge on any atom is 0.263 e. The molecule has 39 heavy (non-hydrogen) atoms. The number of fused-ring (bicyclic) bond motifs is 1. The van der Waals surface area contributed by atoms with Crippen molar-refractivity contribution < 1.29 is 23.1 Å². The second-order valence-corrected chi connectivity index (χ2v) is 10.1. The number of aromatic hydroxyl groups is 1. The van der Waals surface area contributed by atoms with Crippen molar-refractivity contribution >= 4 is 50.0 Å². The lowest BCUT2D eigenvalue weighted by molar-refractivity contribution is -0.115. The van der Waals surface area contributed by atoms with E-state index in [9.17, 15) is 18.3 Å². The van der Waals surface area contributed by atoms with Crippen LogP contribution in [-0.4, -0.2) is 46.5 Å². The smallest absolute Gasteiger partial charge is 0.263 e. The zero-order valence-electron chi connectivity index (χ0n) is 20.5. The van der Waals surface area contributed by atoms with E-state index in [0.29, 0.717) is 33.9 Å². The zero-order valence-corrected chi connectivity index (χ0v) is 21.4. The topological polar surface area (TPSA) is 171 Å². The van der Waals surface area contributed by atoms with Gasteiger partial charge in [-0.25, -0.2) is 23.4 Å². The second-order valence-electron chi connectivity index (χ2n) is 8.39. The van der Waals surface area contributed by atoms with Crippen molar-refractivity contribution in [1.82, 2.24) is 19.9 Å². The number of para-hydroxylation sites is 2. The van der Waals surface area contributed by atoms with Crippen molar-refractivity contribution in [1.29, 1.82) is 0 Å². The van der Waals surface area contributed by atoms with Crippen LogP contribution < -0.4 is 20.1 Å². The number of rotatable bonds is 9. The maximum atomic E-state index is 13.4. The Kier molecular flexibility index (Phi) is 6.97. The number of phenolic OH excluding ortho intramolecular Hbond substituents is 1. The predicted octanol–water partition coefficient (Wildman–Crippen LogP) is 3.79. The van der Waals surface area contributed by atoms with Gasteiger partial charge >= 0.3 is 0 Å². The number of anilines is 4. The van der Waals surface area contributed by atoms with Crippen molar-refractivity contribution in [3.63, 3.8) is 0 Å². The molecule has 0 bridgehead atoms. The van der Waals surface area contributed by atoms with Crippen LogP contribution in [0.25, 0.3) is 11.0 Å². The van der Waals surface area contributed by atoms with Crippen LogP contribution in [-0.2, 0) is 21.2 Å². The molecule has 3 aromatic carbocycles. The summed E-state index contributed by atoms with van der Waals surface area (Å²) < 4.78 is 34.5. The molecule has 0 saturated carbocycles. The van der Waals surface area contributed by atoms with Crippen LogP contribution in [0.3, 0.4) is 0 Å². The van der Waals surface area contributed by atoms with Gasteiger partial charge in [-0.1, -0.05) is 18.2 Å². The summed E-state index contributed by atoms with van der Waals surface area (Å²) in [5.74, 6) is 0.0349. The molecule has 198 valence electrons. The molecular formula is C26H23N7O5S. The molecule has 0 unspecified atom stereocenters. The molecule has 12 nitrogen and oxygen atoms in total. The summed E-state index contributed by atoms with van der Waals surface area (Å²) in [7, 11) is -2.70. The number of aromatic nitrogens is 4. The number of hydrogen-bond donors (Lipinski definition) is 5. The van der Waals surface area contributed by atoms with Gasteiger partial charge in [0.2, 0.25) is 5.91 Å². The third-order valence-corrected chi connectivity index (χ3v) is 6.86. The van der Waals surface area contributed by atoms with E-state index in [-0.39, 0.29) is 34.6 Å². The number of nitrogens with zero attached hydrogens (tertiary/aromatic N) is 3. The van der Waals surface area contributed by atoms with Gasteiger partial charge in [0.15, 0.2) is 11.6 Å². The monoisotopic (exact) mass is 545 g/mol. The first kappa shape index (κ1) is 25.5. The Balaban J connectivity index is 1.44. The number of H-pyrrole nitrogens is 1. The summed E-state index contributed by atoms with van der Waals surface area (Å²) in [5, 5.41) is 15.7. The number of methoxy groups -OCH3 is 1. The summed E-state index contributed by atoms with van der Waals surface area (Å²) in [5.41, 5.74) is 2.32. The van der Waals surface area contributed by atoms with E-state index in [0.717, 1.165) is 0 Å². The third kappa shape index (κ3) is 6.05. The van der Waals surface area contributed by atoms with Gasteiger partial charge in [-0.05, 0) is 30.3 Å². The summed E-state index contributed by atoms with van der Waals surface area (Å²) in [4.78, 5) is 28.0. The van der Waals surface area contributed by atoms with Gasteiger partial charge in [-0.2, -0.15) is 0 Å². The van der Waals surface area contributed by atoms with E-state index >= 15 is 0 Å². The molecule has 0 saturated heterocycles. The number of benzene rings is 3. The number of sulfonamides is 1. The SMILES string of the molecule is COc1cc(O)cc(Nc2nc3ccccc3nc2NS(=O)(=O)c2cccc(NC(=O)Cc3cnc[nH]3)c2)c1. The number of aromatic amines is 1. The number of amides is 1. The highest BCUT2D eigenvalue weighted by Crippen LogP contribution is 2.31. The quantitative estimate of drug-likeness (QED) is 0.185. The molecule has 2 aromatic heterocycles. The summed E-state index contributed by atoms with van der Waals surface area (Å²) in [6.45, 7) is 0. The number of carbonyl (C=O) groups excluding carboxylic acids is 1. The first-order valence-corrected chi connectivity index (χ1v) is 13.1. The fourth-order valence-corrected chi connectivity index (χ4v) is 4.81.